The molecular weight excluding hydrogens is 360 g/mol. The van der Waals surface area contributed by atoms with Gasteiger partial charge in [0.2, 0.25) is 5.88 Å². The van der Waals surface area contributed by atoms with Gasteiger partial charge in [0, 0.05) is 26.2 Å². The number of benzene rings is 1. The standard InChI is InChI=1S/C20H20N4O4/c1-14(28-18-15-5-2-3-6-16(15)21-13-22-18)19(25)23-8-10-24(11-9-23)20(26)17-7-4-12-27-17/h2-7,12-14H,8-11H2,1H3/t14-/m0/s1. The zero-order chi connectivity index (χ0) is 19.5. The molecule has 0 bridgehead atoms. The average Bonchev–Trinajstić information content (AvgIpc) is 3.28. The first-order valence-corrected chi connectivity index (χ1v) is 9.11. The molecule has 8 heteroatoms. The normalized spacial score (nSPS) is 15.5. The molecule has 8 nitrogen and oxygen atoms in total. The van der Waals surface area contributed by atoms with Crippen LogP contribution in [0, 0.1) is 0 Å². The van der Waals surface area contributed by atoms with Gasteiger partial charge in [-0.05, 0) is 31.2 Å². The lowest BCUT2D eigenvalue weighted by atomic mass is 10.2. The summed E-state index contributed by atoms with van der Waals surface area (Å²) >= 11 is 0. The average molecular weight is 380 g/mol. The van der Waals surface area contributed by atoms with E-state index in [4.69, 9.17) is 9.15 Å². The molecule has 28 heavy (non-hydrogen) atoms. The Morgan fingerprint density at radius 3 is 2.54 bits per heavy atom. The highest BCUT2D eigenvalue weighted by molar-refractivity contribution is 5.91. The molecule has 1 aliphatic heterocycles. The van der Waals surface area contributed by atoms with Crippen molar-refractivity contribution in [3.05, 3.63) is 54.7 Å². The molecular formula is C20H20N4O4. The Morgan fingerprint density at radius 1 is 1.04 bits per heavy atom. The van der Waals surface area contributed by atoms with E-state index in [0.717, 1.165) is 10.9 Å². The van der Waals surface area contributed by atoms with Crippen molar-refractivity contribution in [3.63, 3.8) is 0 Å². The topological polar surface area (TPSA) is 88.8 Å². The summed E-state index contributed by atoms with van der Waals surface area (Å²) in [6.07, 6.45) is 2.21. The molecule has 144 valence electrons. The number of carbonyl (C=O) groups is 2. The van der Waals surface area contributed by atoms with Crippen LogP contribution in [0.1, 0.15) is 17.5 Å². The molecule has 3 aromatic rings. The van der Waals surface area contributed by atoms with Crippen molar-refractivity contribution in [1.29, 1.82) is 0 Å². The smallest absolute Gasteiger partial charge is 0.289 e. The molecule has 1 fully saturated rings. The second kappa shape index (κ2) is 7.67. The van der Waals surface area contributed by atoms with Crippen molar-refractivity contribution in [2.75, 3.05) is 26.2 Å². The molecule has 1 aliphatic rings. The van der Waals surface area contributed by atoms with Crippen molar-refractivity contribution in [2.45, 2.75) is 13.0 Å². The van der Waals surface area contributed by atoms with E-state index in [-0.39, 0.29) is 11.8 Å². The fourth-order valence-corrected chi connectivity index (χ4v) is 3.24. The van der Waals surface area contributed by atoms with Gasteiger partial charge in [-0.15, -0.1) is 0 Å². The summed E-state index contributed by atoms with van der Waals surface area (Å²) in [5.41, 5.74) is 0.761. The number of carbonyl (C=O) groups excluding carboxylic acids is 2. The highest BCUT2D eigenvalue weighted by atomic mass is 16.5. The Labute approximate surface area is 161 Å². The van der Waals surface area contributed by atoms with Crippen LogP contribution in [0.2, 0.25) is 0 Å². The van der Waals surface area contributed by atoms with E-state index < -0.39 is 6.10 Å². The summed E-state index contributed by atoms with van der Waals surface area (Å²) in [6, 6.07) is 10.8. The van der Waals surface area contributed by atoms with Crippen LogP contribution in [-0.4, -0.2) is 63.9 Å². The molecule has 1 saturated heterocycles. The highest BCUT2D eigenvalue weighted by Gasteiger charge is 2.29. The number of ether oxygens (including phenoxy) is 1. The lowest BCUT2D eigenvalue weighted by molar-refractivity contribution is -0.139. The zero-order valence-electron chi connectivity index (χ0n) is 15.4. The number of aromatic nitrogens is 2. The van der Waals surface area contributed by atoms with Crippen molar-refractivity contribution in [2.24, 2.45) is 0 Å². The monoisotopic (exact) mass is 380 g/mol. The first kappa shape index (κ1) is 18.0. The van der Waals surface area contributed by atoms with E-state index in [0.29, 0.717) is 37.8 Å². The molecule has 2 aromatic heterocycles. The van der Waals surface area contributed by atoms with Crippen LogP contribution in [0.25, 0.3) is 10.9 Å². The third-order valence-corrected chi connectivity index (χ3v) is 4.75. The SMILES string of the molecule is C[C@H](Oc1ncnc2ccccc12)C(=O)N1CCN(C(=O)c2ccco2)CC1. The number of rotatable bonds is 4. The molecule has 0 aliphatic carbocycles. The lowest BCUT2D eigenvalue weighted by Gasteiger charge is -2.35. The fraction of sp³-hybridized carbons (Fsp3) is 0.300. The van der Waals surface area contributed by atoms with Crippen LogP contribution < -0.4 is 4.74 Å². The number of hydrogen-bond acceptors (Lipinski definition) is 6. The Morgan fingerprint density at radius 2 is 1.79 bits per heavy atom. The Bertz CT molecular complexity index is 976. The van der Waals surface area contributed by atoms with E-state index in [1.807, 2.05) is 24.3 Å². The number of furan rings is 1. The largest absolute Gasteiger partial charge is 0.464 e. The number of hydrogen-bond donors (Lipinski definition) is 0. The Kier molecular flexibility index (Phi) is 4.92. The molecule has 1 atom stereocenters. The van der Waals surface area contributed by atoms with Gasteiger partial charge in [0.25, 0.3) is 11.8 Å². The van der Waals surface area contributed by atoms with Gasteiger partial charge in [-0.1, -0.05) is 12.1 Å². The van der Waals surface area contributed by atoms with Crippen molar-refractivity contribution in [1.82, 2.24) is 19.8 Å². The second-order valence-corrected chi connectivity index (χ2v) is 6.55. The molecule has 0 saturated carbocycles. The summed E-state index contributed by atoms with van der Waals surface area (Å²) in [6.45, 7) is 3.51. The number of nitrogens with zero attached hydrogens (tertiary/aromatic N) is 4. The summed E-state index contributed by atoms with van der Waals surface area (Å²) in [4.78, 5) is 36.9. The summed E-state index contributed by atoms with van der Waals surface area (Å²) in [5.74, 6) is 0.409. The van der Waals surface area contributed by atoms with Gasteiger partial charge in [-0.2, -0.15) is 0 Å². The van der Waals surface area contributed by atoms with E-state index in [2.05, 4.69) is 9.97 Å². The van der Waals surface area contributed by atoms with Crippen LogP contribution in [0.5, 0.6) is 5.88 Å². The second-order valence-electron chi connectivity index (χ2n) is 6.55. The highest BCUT2D eigenvalue weighted by Crippen LogP contribution is 2.22. The van der Waals surface area contributed by atoms with E-state index in [1.165, 1.54) is 12.6 Å². The predicted octanol–water partition coefficient (Wildman–Crippen LogP) is 1.97. The number of para-hydroxylation sites is 1. The predicted molar refractivity (Wildman–Crippen MR) is 101 cm³/mol. The Hall–Kier alpha value is -3.42. The minimum atomic E-state index is -0.689. The van der Waals surface area contributed by atoms with Crippen molar-refractivity contribution >= 4 is 22.7 Å². The molecule has 0 spiro atoms. The maximum atomic E-state index is 12.8. The molecule has 4 rings (SSSR count). The van der Waals surface area contributed by atoms with Gasteiger partial charge in [-0.3, -0.25) is 9.59 Å². The maximum absolute atomic E-state index is 12.8. The van der Waals surface area contributed by atoms with Crippen LogP contribution >= 0.6 is 0 Å². The van der Waals surface area contributed by atoms with Crippen molar-refractivity contribution < 1.29 is 18.7 Å². The first-order valence-electron chi connectivity index (χ1n) is 9.11. The number of fused-ring (bicyclic) bond motifs is 1. The minimum Gasteiger partial charge on any atom is -0.464 e. The van der Waals surface area contributed by atoms with Crippen LogP contribution in [0.4, 0.5) is 0 Å². The Balaban J connectivity index is 1.38. The molecule has 2 amide bonds. The maximum Gasteiger partial charge on any atom is 0.289 e. The van der Waals surface area contributed by atoms with Crippen LogP contribution in [-0.2, 0) is 4.79 Å². The third kappa shape index (κ3) is 3.53. The van der Waals surface area contributed by atoms with E-state index in [9.17, 15) is 9.59 Å². The lowest BCUT2D eigenvalue weighted by Crippen LogP contribution is -2.53. The number of amides is 2. The van der Waals surface area contributed by atoms with Gasteiger partial charge < -0.3 is 19.0 Å². The summed E-state index contributed by atoms with van der Waals surface area (Å²) in [7, 11) is 0. The summed E-state index contributed by atoms with van der Waals surface area (Å²) < 4.78 is 11.0. The van der Waals surface area contributed by atoms with Crippen LogP contribution in [0.15, 0.2) is 53.4 Å². The van der Waals surface area contributed by atoms with E-state index in [1.54, 1.807) is 28.9 Å². The molecule has 0 radical (unpaired) electrons. The third-order valence-electron chi connectivity index (χ3n) is 4.75. The van der Waals surface area contributed by atoms with Crippen molar-refractivity contribution in [3.8, 4) is 5.88 Å². The molecule has 0 N–H and O–H groups in total. The van der Waals surface area contributed by atoms with Crippen LogP contribution in [0.3, 0.4) is 0 Å². The molecule has 1 aromatic carbocycles. The van der Waals surface area contributed by atoms with Gasteiger partial charge in [0.1, 0.15) is 6.33 Å². The van der Waals surface area contributed by atoms with Gasteiger partial charge in [-0.25, -0.2) is 9.97 Å². The van der Waals surface area contributed by atoms with Gasteiger partial charge in [0.15, 0.2) is 11.9 Å². The first-order chi connectivity index (χ1) is 13.6. The minimum absolute atomic E-state index is 0.132. The fourth-order valence-electron chi connectivity index (χ4n) is 3.24. The molecule has 0 unspecified atom stereocenters. The van der Waals surface area contributed by atoms with Gasteiger partial charge >= 0.3 is 0 Å². The zero-order valence-corrected chi connectivity index (χ0v) is 15.4. The van der Waals surface area contributed by atoms with E-state index >= 15 is 0 Å². The quantitative estimate of drug-likeness (QED) is 0.688. The summed E-state index contributed by atoms with van der Waals surface area (Å²) in [5, 5.41) is 0.763. The number of piperazine rings is 1. The van der Waals surface area contributed by atoms with Gasteiger partial charge in [0.05, 0.1) is 17.2 Å². The molecule has 3 heterocycles.